The maximum absolute atomic E-state index is 12.9. The van der Waals surface area contributed by atoms with Crippen LogP contribution in [0.5, 0.6) is 11.5 Å². The Hall–Kier alpha value is -1.96. The van der Waals surface area contributed by atoms with E-state index in [9.17, 15) is 13.2 Å². The summed E-state index contributed by atoms with van der Waals surface area (Å²) in [6.45, 7) is 6.01. The molecule has 31 heavy (non-hydrogen) atoms. The fourth-order valence-corrected chi connectivity index (χ4v) is 4.24. The van der Waals surface area contributed by atoms with Crippen LogP contribution in [0.25, 0.3) is 0 Å². The molecule has 0 aliphatic rings. The topological polar surface area (TPSA) is 78.9 Å². The highest BCUT2D eigenvalue weighted by atomic mass is 35.5. The number of esters is 1. The highest BCUT2D eigenvalue weighted by Gasteiger charge is 2.20. The van der Waals surface area contributed by atoms with Gasteiger partial charge in [0.2, 0.25) is 9.84 Å². The number of ether oxygens (including phenoxy) is 3. The Morgan fingerprint density at radius 2 is 1.68 bits per heavy atom. The number of halogens is 2. The van der Waals surface area contributed by atoms with Gasteiger partial charge in [0, 0.05) is 6.92 Å². The third-order valence-electron chi connectivity index (χ3n) is 4.51. The Bertz CT molecular complexity index is 976. The molecule has 0 bridgehead atoms. The van der Waals surface area contributed by atoms with E-state index in [1.54, 1.807) is 12.1 Å². The van der Waals surface area contributed by atoms with Crippen LogP contribution in [-0.2, 0) is 19.4 Å². The van der Waals surface area contributed by atoms with Gasteiger partial charge in [-0.1, -0.05) is 31.9 Å². The summed E-state index contributed by atoms with van der Waals surface area (Å²) in [5.74, 6) is 0.873. The first-order valence-corrected chi connectivity index (χ1v) is 12.2. The molecule has 0 unspecified atom stereocenters. The summed E-state index contributed by atoms with van der Waals surface area (Å²) in [5, 5.41) is 0.116. The SMILES string of the molecule is CC[C@H](C)COc1ccc(S(=O)(=O)c2ccc(OC[C@H](CCl)OC(C)=O)c(Cl)c2)cc1. The molecule has 0 heterocycles. The van der Waals surface area contributed by atoms with Crippen LogP contribution < -0.4 is 9.47 Å². The molecule has 0 spiro atoms. The number of hydrogen-bond acceptors (Lipinski definition) is 6. The minimum atomic E-state index is -3.77. The molecule has 2 aromatic rings. The summed E-state index contributed by atoms with van der Waals surface area (Å²) in [6, 6.07) is 10.5. The van der Waals surface area contributed by atoms with Crippen LogP contribution in [0.15, 0.2) is 52.3 Å². The van der Waals surface area contributed by atoms with Crippen molar-refractivity contribution in [3.05, 3.63) is 47.5 Å². The van der Waals surface area contributed by atoms with Crippen molar-refractivity contribution in [3.8, 4) is 11.5 Å². The molecule has 0 saturated heterocycles. The molecular weight excluding hydrogens is 463 g/mol. The third kappa shape index (κ3) is 7.30. The molecule has 0 radical (unpaired) electrons. The molecule has 0 aliphatic carbocycles. The summed E-state index contributed by atoms with van der Waals surface area (Å²) in [6.07, 6.45) is 0.364. The van der Waals surface area contributed by atoms with Gasteiger partial charge in [-0.3, -0.25) is 4.79 Å². The summed E-state index contributed by atoms with van der Waals surface area (Å²) in [4.78, 5) is 11.2. The van der Waals surface area contributed by atoms with Crippen LogP contribution in [0, 0.1) is 5.92 Å². The van der Waals surface area contributed by atoms with Crippen LogP contribution in [0.1, 0.15) is 27.2 Å². The number of alkyl halides is 1. The van der Waals surface area contributed by atoms with Gasteiger partial charge in [0.25, 0.3) is 0 Å². The van der Waals surface area contributed by atoms with Crippen molar-refractivity contribution in [2.24, 2.45) is 5.92 Å². The van der Waals surface area contributed by atoms with Crippen molar-refractivity contribution in [3.63, 3.8) is 0 Å². The molecular formula is C22H26Cl2O6S. The fraction of sp³-hybridized carbons (Fsp3) is 0.409. The summed E-state index contributed by atoms with van der Waals surface area (Å²) < 4.78 is 42.1. The second kappa shape index (κ2) is 11.6. The average molecular weight is 489 g/mol. The maximum atomic E-state index is 12.9. The van der Waals surface area contributed by atoms with Gasteiger partial charge in [-0.2, -0.15) is 0 Å². The van der Waals surface area contributed by atoms with Crippen LogP contribution in [0.2, 0.25) is 5.02 Å². The largest absolute Gasteiger partial charge is 0.493 e. The molecule has 0 aliphatic heterocycles. The number of sulfone groups is 1. The zero-order valence-corrected chi connectivity index (χ0v) is 20.0. The zero-order chi connectivity index (χ0) is 23.0. The minimum absolute atomic E-state index is 0.00694. The van der Waals surface area contributed by atoms with Crippen molar-refractivity contribution < 1.29 is 27.4 Å². The van der Waals surface area contributed by atoms with E-state index in [0.717, 1.165) is 6.42 Å². The van der Waals surface area contributed by atoms with Crippen LogP contribution in [-0.4, -0.2) is 39.6 Å². The molecule has 2 atom stereocenters. The molecule has 0 fully saturated rings. The van der Waals surface area contributed by atoms with Gasteiger partial charge in [-0.05, 0) is 48.4 Å². The molecule has 2 rings (SSSR count). The van der Waals surface area contributed by atoms with E-state index in [1.165, 1.54) is 37.3 Å². The van der Waals surface area contributed by atoms with Crippen molar-refractivity contribution in [2.75, 3.05) is 19.1 Å². The number of carbonyl (C=O) groups is 1. The Morgan fingerprint density at radius 3 is 2.23 bits per heavy atom. The second-order valence-corrected chi connectivity index (χ2v) is 9.75. The van der Waals surface area contributed by atoms with Gasteiger partial charge < -0.3 is 14.2 Å². The Kier molecular flexibility index (Phi) is 9.47. The number of benzene rings is 2. The normalized spacial score (nSPS) is 13.3. The molecule has 0 aromatic heterocycles. The average Bonchev–Trinajstić information content (AvgIpc) is 2.75. The van der Waals surface area contributed by atoms with Gasteiger partial charge in [-0.25, -0.2) is 8.42 Å². The van der Waals surface area contributed by atoms with Gasteiger partial charge in [-0.15, -0.1) is 11.6 Å². The zero-order valence-electron chi connectivity index (χ0n) is 17.6. The molecule has 6 nitrogen and oxygen atoms in total. The van der Waals surface area contributed by atoms with E-state index < -0.39 is 21.9 Å². The minimum Gasteiger partial charge on any atom is -0.493 e. The lowest BCUT2D eigenvalue weighted by Gasteiger charge is -2.16. The first kappa shape index (κ1) is 25.3. The van der Waals surface area contributed by atoms with E-state index >= 15 is 0 Å². The predicted octanol–water partition coefficient (Wildman–Crippen LogP) is 5.15. The van der Waals surface area contributed by atoms with Crippen LogP contribution in [0.3, 0.4) is 0 Å². The van der Waals surface area contributed by atoms with E-state index in [-0.39, 0.29) is 33.0 Å². The van der Waals surface area contributed by atoms with Crippen LogP contribution >= 0.6 is 23.2 Å². The Morgan fingerprint density at radius 1 is 1.03 bits per heavy atom. The van der Waals surface area contributed by atoms with Gasteiger partial charge >= 0.3 is 5.97 Å². The van der Waals surface area contributed by atoms with E-state index in [4.69, 9.17) is 37.4 Å². The first-order chi connectivity index (χ1) is 14.7. The Labute approximate surface area is 193 Å². The third-order valence-corrected chi connectivity index (χ3v) is 6.92. The lowest BCUT2D eigenvalue weighted by molar-refractivity contribution is -0.146. The van der Waals surface area contributed by atoms with E-state index in [0.29, 0.717) is 18.3 Å². The highest BCUT2D eigenvalue weighted by Crippen LogP contribution is 2.31. The lowest BCUT2D eigenvalue weighted by atomic mass is 10.1. The highest BCUT2D eigenvalue weighted by molar-refractivity contribution is 7.91. The van der Waals surface area contributed by atoms with E-state index in [1.807, 2.05) is 0 Å². The van der Waals surface area contributed by atoms with Gasteiger partial charge in [0.1, 0.15) is 24.2 Å². The summed E-state index contributed by atoms with van der Waals surface area (Å²) in [5.41, 5.74) is 0. The lowest BCUT2D eigenvalue weighted by Crippen LogP contribution is -2.25. The number of carbonyl (C=O) groups excluding carboxylic acids is 1. The summed E-state index contributed by atoms with van der Waals surface area (Å²) in [7, 11) is -3.77. The van der Waals surface area contributed by atoms with Gasteiger partial charge in [0.15, 0.2) is 0 Å². The molecule has 9 heteroatoms. The predicted molar refractivity (Wildman–Crippen MR) is 120 cm³/mol. The maximum Gasteiger partial charge on any atom is 0.303 e. The molecule has 170 valence electrons. The molecule has 0 saturated carbocycles. The van der Waals surface area contributed by atoms with Crippen molar-refractivity contribution >= 4 is 39.0 Å². The van der Waals surface area contributed by atoms with E-state index in [2.05, 4.69) is 13.8 Å². The monoisotopic (exact) mass is 488 g/mol. The fourth-order valence-electron chi connectivity index (χ4n) is 2.50. The van der Waals surface area contributed by atoms with Crippen molar-refractivity contribution in [1.82, 2.24) is 0 Å². The number of hydrogen-bond donors (Lipinski definition) is 0. The quantitative estimate of drug-likeness (QED) is 0.321. The van der Waals surface area contributed by atoms with Gasteiger partial charge in [0.05, 0.1) is 27.3 Å². The first-order valence-electron chi connectivity index (χ1n) is 9.80. The van der Waals surface area contributed by atoms with Crippen LogP contribution in [0.4, 0.5) is 0 Å². The number of rotatable bonds is 11. The second-order valence-electron chi connectivity index (χ2n) is 7.09. The summed E-state index contributed by atoms with van der Waals surface area (Å²) >= 11 is 12.0. The van der Waals surface area contributed by atoms with Crippen molar-refractivity contribution in [2.45, 2.75) is 43.1 Å². The Balaban J connectivity index is 2.11. The molecule has 0 amide bonds. The van der Waals surface area contributed by atoms with Crippen molar-refractivity contribution in [1.29, 1.82) is 0 Å². The smallest absolute Gasteiger partial charge is 0.303 e. The molecule has 0 N–H and O–H groups in total. The molecule has 2 aromatic carbocycles. The standard InChI is InChI=1S/C22H26Cl2O6S/c1-4-15(2)13-28-17-5-7-19(8-6-17)31(26,27)20-9-10-22(21(24)11-20)29-14-18(12-23)30-16(3)25/h5-11,15,18H,4,12-14H2,1-3H3/t15-,18-/m0/s1.